The fourth-order valence-corrected chi connectivity index (χ4v) is 6.25. The van der Waals surface area contributed by atoms with Crippen LogP contribution in [0.15, 0.2) is 21.8 Å². The lowest BCUT2D eigenvalue weighted by atomic mass is 9.61. The molecule has 2 saturated carbocycles. The SMILES string of the molecule is C[C@@H](CO[C@@H]1C=C[C@](C)(O)C1)[C@H]1CCC2/C(=C/I)CCC[C@@]21C. The summed E-state index contributed by atoms with van der Waals surface area (Å²) in [5, 5.41) is 10.0. The lowest BCUT2D eigenvalue weighted by Gasteiger charge is -2.44. The van der Waals surface area contributed by atoms with Crippen molar-refractivity contribution in [3.63, 3.8) is 0 Å². The molecule has 3 aliphatic rings. The topological polar surface area (TPSA) is 29.5 Å². The molecule has 0 amide bonds. The summed E-state index contributed by atoms with van der Waals surface area (Å²) in [6.45, 7) is 7.59. The van der Waals surface area contributed by atoms with Gasteiger partial charge in [-0.15, -0.1) is 0 Å². The van der Waals surface area contributed by atoms with Crippen molar-refractivity contribution in [3.05, 3.63) is 21.8 Å². The maximum Gasteiger partial charge on any atom is 0.0828 e. The highest BCUT2D eigenvalue weighted by Gasteiger charge is 2.50. The van der Waals surface area contributed by atoms with Gasteiger partial charge < -0.3 is 9.84 Å². The first-order chi connectivity index (χ1) is 10.9. The van der Waals surface area contributed by atoms with Gasteiger partial charge in [-0.25, -0.2) is 0 Å². The fourth-order valence-electron chi connectivity index (χ4n) is 5.51. The second-order valence-corrected chi connectivity index (χ2v) is 9.17. The fraction of sp³-hybridized carbons (Fsp3) is 0.800. The van der Waals surface area contributed by atoms with Gasteiger partial charge in [-0.1, -0.05) is 54.2 Å². The molecule has 0 heterocycles. The number of aliphatic hydroxyl groups is 1. The first-order valence-electron chi connectivity index (χ1n) is 9.18. The summed E-state index contributed by atoms with van der Waals surface area (Å²) in [6.07, 6.45) is 11.4. The maximum absolute atomic E-state index is 10.0. The van der Waals surface area contributed by atoms with Gasteiger partial charge in [-0.05, 0) is 66.3 Å². The number of hydrogen-bond donors (Lipinski definition) is 1. The van der Waals surface area contributed by atoms with Gasteiger partial charge in [0, 0.05) is 6.42 Å². The third-order valence-corrected chi connectivity index (χ3v) is 7.52. The Morgan fingerprint density at radius 3 is 2.87 bits per heavy atom. The van der Waals surface area contributed by atoms with E-state index in [1.165, 1.54) is 32.1 Å². The van der Waals surface area contributed by atoms with Gasteiger partial charge in [0.1, 0.15) is 0 Å². The molecule has 0 radical (unpaired) electrons. The summed E-state index contributed by atoms with van der Waals surface area (Å²) < 4.78 is 8.48. The number of hydrogen-bond acceptors (Lipinski definition) is 2. The number of ether oxygens (including phenoxy) is 1. The lowest BCUT2D eigenvalue weighted by molar-refractivity contribution is -0.00791. The van der Waals surface area contributed by atoms with Crippen molar-refractivity contribution >= 4 is 22.6 Å². The lowest BCUT2D eigenvalue weighted by Crippen LogP contribution is -2.37. The van der Waals surface area contributed by atoms with E-state index in [1.54, 1.807) is 5.57 Å². The molecule has 3 rings (SSSR count). The number of allylic oxidation sites excluding steroid dienone is 1. The number of fused-ring (bicyclic) bond motifs is 1. The van der Waals surface area contributed by atoms with Gasteiger partial charge in [0.05, 0.1) is 18.3 Å². The van der Waals surface area contributed by atoms with Crippen molar-refractivity contribution in [2.75, 3.05) is 6.61 Å². The molecule has 1 N–H and O–H groups in total. The molecule has 0 aromatic heterocycles. The van der Waals surface area contributed by atoms with E-state index >= 15 is 0 Å². The molecule has 2 nitrogen and oxygen atoms in total. The summed E-state index contributed by atoms with van der Waals surface area (Å²) >= 11 is 2.44. The van der Waals surface area contributed by atoms with Gasteiger partial charge in [-0.3, -0.25) is 0 Å². The van der Waals surface area contributed by atoms with Crippen molar-refractivity contribution in [1.29, 1.82) is 0 Å². The summed E-state index contributed by atoms with van der Waals surface area (Å²) in [4.78, 5) is 0. The summed E-state index contributed by atoms with van der Waals surface area (Å²) in [5.74, 6) is 2.16. The monoisotopic (exact) mass is 430 g/mol. The quantitative estimate of drug-likeness (QED) is 0.488. The van der Waals surface area contributed by atoms with E-state index in [0.717, 1.165) is 18.4 Å². The zero-order valence-electron chi connectivity index (χ0n) is 14.7. The number of rotatable bonds is 4. The molecule has 0 spiro atoms. The Hall–Kier alpha value is 0.130. The van der Waals surface area contributed by atoms with Crippen LogP contribution in [0.1, 0.15) is 59.3 Å². The first-order valence-corrected chi connectivity index (χ1v) is 10.4. The Kier molecular flexibility index (Phi) is 5.30. The molecule has 23 heavy (non-hydrogen) atoms. The summed E-state index contributed by atoms with van der Waals surface area (Å²) in [5.41, 5.74) is 1.49. The maximum atomic E-state index is 10.0. The first kappa shape index (κ1) is 17.9. The Bertz CT molecular complexity index is 496. The zero-order valence-corrected chi connectivity index (χ0v) is 16.9. The molecule has 0 aromatic carbocycles. The van der Waals surface area contributed by atoms with Crippen molar-refractivity contribution in [2.45, 2.75) is 71.0 Å². The van der Waals surface area contributed by atoms with E-state index in [9.17, 15) is 5.11 Å². The summed E-state index contributed by atoms with van der Waals surface area (Å²) in [7, 11) is 0. The molecule has 3 heteroatoms. The van der Waals surface area contributed by atoms with Gasteiger partial charge in [0.25, 0.3) is 0 Å². The molecular weight excluding hydrogens is 399 g/mol. The Morgan fingerprint density at radius 1 is 1.43 bits per heavy atom. The minimum Gasteiger partial charge on any atom is -0.386 e. The van der Waals surface area contributed by atoms with Gasteiger partial charge in [-0.2, -0.15) is 0 Å². The van der Waals surface area contributed by atoms with E-state index in [1.807, 2.05) is 19.1 Å². The van der Waals surface area contributed by atoms with E-state index < -0.39 is 5.60 Å². The van der Waals surface area contributed by atoms with Crippen LogP contribution in [0.5, 0.6) is 0 Å². The van der Waals surface area contributed by atoms with E-state index in [2.05, 4.69) is 40.5 Å². The molecule has 6 atom stereocenters. The molecule has 130 valence electrons. The molecule has 3 aliphatic carbocycles. The third kappa shape index (κ3) is 3.57. The van der Waals surface area contributed by atoms with Crippen LogP contribution in [0.3, 0.4) is 0 Å². The van der Waals surface area contributed by atoms with E-state index in [4.69, 9.17) is 4.74 Å². The predicted octanol–water partition coefficient (Wildman–Crippen LogP) is 5.25. The predicted molar refractivity (Wildman–Crippen MR) is 104 cm³/mol. The van der Waals surface area contributed by atoms with Crippen molar-refractivity contribution in [1.82, 2.24) is 0 Å². The van der Waals surface area contributed by atoms with Crippen molar-refractivity contribution < 1.29 is 9.84 Å². The Morgan fingerprint density at radius 2 is 2.22 bits per heavy atom. The molecule has 0 aliphatic heterocycles. The molecule has 0 bridgehead atoms. The van der Waals surface area contributed by atoms with Gasteiger partial charge in [0.15, 0.2) is 0 Å². The van der Waals surface area contributed by atoms with Crippen LogP contribution in [0.4, 0.5) is 0 Å². The van der Waals surface area contributed by atoms with Crippen molar-refractivity contribution in [2.24, 2.45) is 23.2 Å². The third-order valence-electron chi connectivity index (χ3n) is 6.72. The largest absolute Gasteiger partial charge is 0.386 e. The minimum atomic E-state index is -0.679. The van der Waals surface area contributed by atoms with Crippen LogP contribution in [-0.4, -0.2) is 23.4 Å². The average Bonchev–Trinajstić information content (AvgIpc) is 3.03. The second-order valence-electron chi connectivity index (χ2n) is 8.55. The van der Waals surface area contributed by atoms with Crippen molar-refractivity contribution in [3.8, 4) is 0 Å². The second kappa shape index (κ2) is 6.80. The highest BCUT2D eigenvalue weighted by Crippen LogP contribution is 2.59. The van der Waals surface area contributed by atoms with Gasteiger partial charge >= 0.3 is 0 Å². The molecule has 0 saturated heterocycles. The Balaban J connectivity index is 1.60. The average molecular weight is 430 g/mol. The van der Waals surface area contributed by atoms with Crippen LogP contribution in [0.2, 0.25) is 0 Å². The summed E-state index contributed by atoms with van der Waals surface area (Å²) in [6, 6.07) is 0. The van der Waals surface area contributed by atoms with Crippen LogP contribution in [0, 0.1) is 23.2 Å². The normalized spacial score (nSPS) is 46.3. The zero-order chi connectivity index (χ0) is 16.7. The smallest absolute Gasteiger partial charge is 0.0828 e. The van der Waals surface area contributed by atoms with Gasteiger partial charge in [0.2, 0.25) is 0 Å². The van der Waals surface area contributed by atoms with Crippen LogP contribution < -0.4 is 0 Å². The molecule has 0 aromatic rings. The molecular formula is C20H31IO2. The highest BCUT2D eigenvalue weighted by atomic mass is 127. The highest BCUT2D eigenvalue weighted by molar-refractivity contribution is 14.1. The van der Waals surface area contributed by atoms with E-state index in [0.29, 0.717) is 17.8 Å². The van der Waals surface area contributed by atoms with Crippen LogP contribution in [-0.2, 0) is 4.74 Å². The van der Waals surface area contributed by atoms with Crippen LogP contribution >= 0.6 is 22.6 Å². The number of halogens is 1. The van der Waals surface area contributed by atoms with E-state index in [-0.39, 0.29) is 6.10 Å². The van der Waals surface area contributed by atoms with Crippen LogP contribution in [0.25, 0.3) is 0 Å². The standard InChI is InChI=1S/C20H31IO2/c1-14(13-23-16-8-10-19(2,22)11-16)17-6-7-18-15(12-21)5-4-9-20(17,18)3/h8,10,12,14,16-18,22H,4-7,9,11,13H2,1-3H3/b15-12+/t14-,16+,17+,18?,19-,20+/m0/s1. The Labute approximate surface area is 154 Å². The molecule has 2 fully saturated rings. The molecule has 1 unspecified atom stereocenters. The minimum absolute atomic E-state index is 0.0913.